The third-order valence-electron chi connectivity index (χ3n) is 2.64. The number of nitrogens with zero attached hydrogens (tertiary/aromatic N) is 1. The van der Waals surface area contributed by atoms with Crippen LogP contribution in [0, 0.1) is 11.3 Å². The zero-order chi connectivity index (χ0) is 12.9. The molecule has 1 nitrogen and oxygen atoms in total. The third kappa shape index (κ3) is 3.48. The van der Waals surface area contributed by atoms with Gasteiger partial charge in [0.15, 0.2) is 0 Å². The Hall–Kier alpha value is -1.50. The molecule has 0 aromatic heterocycles. The first-order valence-electron chi connectivity index (χ1n) is 5.56. The summed E-state index contributed by atoms with van der Waals surface area (Å²) in [6, 6.07) is 7.28. The molecule has 0 fully saturated rings. The van der Waals surface area contributed by atoms with Gasteiger partial charge in [0.05, 0.1) is 17.6 Å². The Bertz CT molecular complexity index is 404. The summed E-state index contributed by atoms with van der Waals surface area (Å²) in [4.78, 5) is 0. The normalized spacial score (nSPS) is 13.1. The smallest absolute Gasteiger partial charge is 0.198 e. The fourth-order valence-electron chi connectivity index (χ4n) is 1.76. The molecule has 0 radical (unpaired) electrons. The van der Waals surface area contributed by atoms with Crippen molar-refractivity contribution in [1.29, 1.82) is 5.26 Å². The Labute approximate surface area is 98.9 Å². The van der Waals surface area contributed by atoms with Crippen molar-refractivity contribution in [3.63, 3.8) is 0 Å². The molecule has 0 aliphatic carbocycles. The SMILES string of the molecule is CCCCC(C#N)c1ccccc1C(F)(F)F. The Balaban J connectivity index is 3.08. The molecule has 1 aromatic carbocycles. The molecule has 1 rings (SSSR count). The van der Waals surface area contributed by atoms with Crippen LogP contribution in [-0.4, -0.2) is 0 Å². The van der Waals surface area contributed by atoms with Gasteiger partial charge in [-0.1, -0.05) is 38.0 Å². The van der Waals surface area contributed by atoms with Crippen LogP contribution in [0.1, 0.15) is 43.2 Å². The first-order valence-corrected chi connectivity index (χ1v) is 5.56. The molecule has 0 spiro atoms. The van der Waals surface area contributed by atoms with Gasteiger partial charge in [0.25, 0.3) is 0 Å². The van der Waals surface area contributed by atoms with E-state index in [1.807, 2.05) is 13.0 Å². The Kier molecular flexibility index (Phi) is 4.56. The minimum Gasteiger partial charge on any atom is -0.198 e. The number of hydrogen-bond donors (Lipinski definition) is 0. The Morgan fingerprint density at radius 3 is 2.47 bits per heavy atom. The second kappa shape index (κ2) is 5.72. The summed E-state index contributed by atoms with van der Waals surface area (Å²) >= 11 is 0. The Morgan fingerprint density at radius 1 is 1.29 bits per heavy atom. The van der Waals surface area contributed by atoms with Gasteiger partial charge in [-0.3, -0.25) is 0 Å². The predicted molar refractivity (Wildman–Crippen MR) is 59.3 cm³/mol. The monoisotopic (exact) mass is 241 g/mol. The van der Waals surface area contributed by atoms with Gasteiger partial charge in [-0.2, -0.15) is 18.4 Å². The van der Waals surface area contributed by atoms with E-state index in [0.717, 1.165) is 18.9 Å². The van der Waals surface area contributed by atoms with E-state index in [9.17, 15) is 13.2 Å². The number of unbranched alkanes of at least 4 members (excludes halogenated alkanes) is 1. The molecular formula is C13H14F3N. The summed E-state index contributed by atoms with van der Waals surface area (Å²) in [6.45, 7) is 1.95. The molecule has 92 valence electrons. The van der Waals surface area contributed by atoms with Crippen LogP contribution in [0.4, 0.5) is 13.2 Å². The number of hydrogen-bond acceptors (Lipinski definition) is 1. The van der Waals surface area contributed by atoms with Gasteiger partial charge in [0.1, 0.15) is 0 Å². The maximum atomic E-state index is 12.8. The van der Waals surface area contributed by atoms with Crippen LogP contribution in [0.25, 0.3) is 0 Å². The quantitative estimate of drug-likeness (QED) is 0.761. The number of halogens is 3. The van der Waals surface area contributed by atoms with Crippen molar-refractivity contribution in [2.75, 3.05) is 0 Å². The van der Waals surface area contributed by atoms with Crippen LogP contribution in [0.2, 0.25) is 0 Å². The van der Waals surface area contributed by atoms with E-state index in [1.54, 1.807) is 6.07 Å². The highest BCUT2D eigenvalue weighted by Gasteiger charge is 2.34. The standard InChI is InChI=1S/C13H14F3N/c1-2-3-6-10(9-17)11-7-4-5-8-12(11)13(14,15)16/h4-5,7-8,10H,2-3,6H2,1H3. The average molecular weight is 241 g/mol. The van der Waals surface area contributed by atoms with E-state index in [2.05, 4.69) is 0 Å². The van der Waals surface area contributed by atoms with Crippen molar-refractivity contribution in [2.24, 2.45) is 0 Å². The van der Waals surface area contributed by atoms with Crippen molar-refractivity contribution in [1.82, 2.24) is 0 Å². The van der Waals surface area contributed by atoms with Gasteiger partial charge in [-0.25, -0.2) is 0 Å². The fraction of sp³-hybridized carbons (Fsp3) is 0.462. The molecule has 1 atom stereocenters. The maximum absolute atomic E-state index is 12.8. The van der Waals surface area contributed by atoms with Gasteiger partial charge in [-0.15, -0.1) is 0 Å². The van der Waals surface area contributed by atoms with Crippen LogP contribution in [-0.2, 0) is 6.18 Å². The first-order chi connectivity index (χ1) is 8.00. The van der Waals surface area contributed by atoms with Crippen molar-refractivity contribution < 1.29 is 13.2 Å². The van der Waals surface area contributed by atoms with Gasteiger partial charge in [0, 0.05) is 0 Å². The summed E-state index contributed by atoms with van der Waals surface area (Å²) in [6.07, 6.45) is -2.30. The van der Waals surface area contributed by atoms with E-state index in [-0.39, 0.29) is 5.56 Å². The molecular weight excluding hydrogens is 227 g/mol. The molecule has 0 heterocycles. The van der Waals surface area contributed by atoms with Crippen molar-refractivity contribution in [3.8, 4) is 6.07 Å². The number of alkyl halides is 3. The lowest BCUT2D eigenvalue weighted by Crippen LogP contribution is -2.11. The average Bonchev–Trinajstić information content (AvgIpc) is 2.29. The molecule has 0 N–H and O–H groups in total. The van der Waals surface area contributed by atoms with E-state index in [4.69, 9.17) is 5.26 Å². The summed E-state index contributed by atoms with van der Waals surface area (Å²) in [7, 11) is 0. The highest BCUT2D eigenvalue weighted by molar-refractivity contribution is 5.35. The van der Waals surface area contributed by atoms with E-state index in [1.165, 1.54) is 12.1 Å². The molecule has 17 heavy (non-hydrogen) atoms. The molecule has 1 aromatic rings. The van der Waals surface area contributed by atoms with Gasteiger partial charge >= 0.3 is 6.18 Å². The maximum Gasteiger partial charge on any atom is 0.416 e. The zero-order valence-electron chi connectivity index (χ0n) is 9.59. The summed E-state index contributed by atoms with van der Waals surface area (Å²) in [5.41, 5.74) is -0.599. The highest BCUT2D eigenvalue weighted by atomic mass is 19.4. The van der Waals surface area contributed by atoms with Crippen LogP contribution in [0.15, 0.2) is 24.3 Å². The van der Waals surface area contributed by atoms with Crippen LogP contribution >= 0.6 is 0 Å². The molecule has 1 unspecified atom stereocenters. The molecule has 4 heteroatoms. The molecule has 0 saturated heterocycles. The topological polar surface area (TPSA) is 23.8 Å². The van der Waals surface area contributed by atoms with E-state index >= 15 is 0 Å². The molecule has 0 aliphatic heterocycles. The fourth-order valence-corrected chi connectivity index (χ4v) is 1.76. The van der Waals surface area contributed by atoms with Crippen molar-refractivity contribution >= 4 is 0 Å². The van der Waals surface area contributed by atoms with Crippen molar-refractivity contribution in [2.45, 2.75) is 38.3 Å². The summed E-state index contributed by atoms with van der Waals surface area (Å²) < 4.78 is 38.3. The number of nitriles is 1. The number of benzene rings is 1. The molecule has 0 aliphatic rings. The van der Waals surface area contributed by atoms with Gasteiger partial charge < -0.3 is 0 Å². The lowest BCUT2D eigenvalue weighted by molar-refractivity contribution is -0.138. The second-order valence-electron chi connectivity index (χ2n) is 3.91. The largest absolute Gasteiger partial charge is 0.416 e. The molecule has 0 bridgehead atoms. The van der Waals surface area contributed by atoms with Crippen LogP contribution < -0.4 is 0 Å². The predicted octanol–water partition coefficient (Wildman–Crippen LogP) is 4.50. The zero-order valence-corrected chi connectivity index (χ0v) is 9.59. The lowest BCUT2D eigenvalue weighted by Gasteiger charge is -2.16. The highest BCUT2D eigenvalue weighted by Crippen LogP contribution is 2.36. The van der Waals surface area contributed by atoms with Crippen LogP contribution in [0.3, 0.4) is 0 Å². The van der Waals surface area contributed by atoms with Crippen LogP contribution in [0.5, 0.6) is 0 Å². The molecule has 0 amide bonds. The summed E-state index contributed by atoms with van der Waals surface area (Å²) in [5, 5.41) is 8.98. The minimum atomic E-state index is -4.39. The summed E-state index contributed by atoms with van der Waals surface area (Å²) in [5.74, 6) is -0.673. The van der Waals surface area contributed by atoms with Gasteiger partial charge in [0.2, 0.25) is 0 Å². The first kappa shape index (κ1) is 13.6. The lowest BCUT2D eigenvalue weighted by atomic mass is 9.91. The minimum absolute atomic E-state index is 0.0935. The van der Waals surface area contributed by atoms with Gasteiger partial charge in [-0.05, 0) is 18.1 Å². The van der Waals surface area contributed by atoms with E-state index < -0.39 is 17.7 Å². The van der Waals surface area contributed by atoms with Crippen molar-refractivity contribution in [3.05, 3.63) is 35.4 Å². The second-order valence-corrected chi connectivity index (χ2v) is 3.91. The Morgan fingerprint density at radius 2 is 1.94 bits per heavy atom. The number of rotatable bonds is 4. The van der Waals surface area contributed by atoms with E-state index in [0.29, 0.717) is 6.42 Å². The molecule has 0 saturated carbocycles. The third-order valence-corrected chi connectivity index (χ3v) is 2.64.